The predicted molar refractivity (Wildman–Crippen MR) is 102 cm³/mol. The van der Waals surface area contributed by atoms with Gasteiger partial charge in [0, 0.05) is 17.7 Å². The van der Waals surface area contributed by atoms with Crippen molar-refractivity contribution in [3.8, 4) is 0 Å². The lowest BCUT2D eigenvalue weighted by Gasteiger charge is -2.17. The maximum absolute atomic E-state index is 12.4. The fraction of sp³-hybridized carbons (Fsp3) is 0.294. The number of nitrogens with zero attached hydrogens (tertiary/aromatic N) is 1. The van der Waals surface area contributed by atoms with Gasteiger partial charge < -0.3 is 14.4 Å². The van der Waals surface area contributed by atoms with E-state index in [9.17, 15) is 9.59 Å². The molecule has 1 amide bonds. The Hall–Kier alpha value is -1.57. The van der Waals surface area contributed by atoms with Gasteiger partial charge >= 0.3 is 5.97 Å². The second kappa shape index (κ2) is 7.76. The zero-order chi connectivity index (χ0) is 18.0. The van der Waals surface area contributed by atoms with Crippen molar-refractivity contribution in [2.24, 2.45) is 0 Å². The topological polar surface area (TPSA) is 70.8 Å². The number of amides is 1. The number of halogens is 1. The Bertz CT molecular complexity index is 796. The monoisotopic (exact) mass is 397 g/mol. The molecule has 0 bridgehead atoms. The van der Waals surface area contributed by atoms with Crippen molar-refractivity contribution >= 4 is 59.5 Å². The minimum absolute atomic E-state index is 0.105. The summed E-state index contributed by atoms with van der Waals surface area (Å²) in [5.41, 5.74) is 1.06. The smallest absolute Gasteiger partial charge is 0.305 e. The van der Waals surface area contributed by atoms with Crippen molar-refractivity contribution in [1.82, 2.24) is 4.90 Å². The molecule has 1 fully saturated rings. The van der Waals surface area contributed by atoms with E-state index in [1.165, 1.54) is 16.7 Å². The summed E-state index contributed by atoms with van der Waals surface area (Å²) in [6.07, 6.45) is 6.98. The zero-order valence-corrected chi connectivity index (χ0v) is 15.6. The number of carbonyl (C=O) groups excluding carboxylic acids is 1. The number of aliphatic carboxylic acids is 1. The van der Waals surface area contributed by atoms with Gasteiger partial charge in [-0.2, -0.15) is 0 Å². The molecule has 132 valence electrons. The first kappa shape index (κ1) is 18.2. The molecule has 1 aliphatic carbocycles. The van der Waals surface area contributed by atoms with E-state index in [1.807, 2.05) is 24.3 Å². The molecule has 25 heavy (non-hydrogen) atoms. The van der Waals surface area contributed by atoms with Crippen LogP contribution in [0.15, 0.2) is 38.6 Å². The van der Waals surface area contributed by atoms with Gasteiger partial charge in [0.1, 0.15) is 16.2 Å². The van der Waals surface area contributed by atoms with Crippen LogP contribution >= 0.6 is 36.0 Å². The summed E-state index contributed by atoms with van der Waals surface area (Å²) >= 11 is 11.6. The maximum Gasteiger partial charge on any atom is 0.305 e. The SMILES string of the molecule is O=C(O)CCN1C(=O)/C(=C\c2ccc(C3=CC=C(Cl)CC3)o2)SC1S. The second-order valence-electron chi connectivity index (χ2n) is 5.60. The van der Waals surface area contributed by atoms with E-state index in [-0.39, 0.29) is 23.6 Å². The molecule has 1 aromatic rings. The van der Waals surface area contributed by atoms with E-state index >= 15 is 0 Å². The van der Waals surface area contributed by atoms with Crippen LogP contribution in [0, 0.1) is 0 Å². The van der Waals surface area contributed by atoms with E-state index < -0.39 is 5.97 Å². The van der Waals surface area contributed by atoms with Crippen LogP contribution in [0.5, 0.6) is 0 Å². The highest BCUT2D eigenvalue weighted by Gasteiger charge is 2.34. The molecule has 1 saturated heterocycles. The molecular formula is C17H16ClNO4S2. The third-order valence-corrected chi connectivity index (χ3v) is 5.77. The fourth-order valence-electron chi connectivity index (χ4n) is 2.54. The molecule has 1 atom stereocenters. The largest absolute Gasteiger partial charge is 0.481 e. The number of rotatable bonds is 5. The Labute approximate surface area is 159 Å². The van der Waals surface area contributed by atoms with Crippen LogP contribution in [0.2, 0.25) is 0 Å². The average molecular weight is 398 g/mol. The number of thioether (sulfide) groups is 1. The van der Waals surface area contributed by atoms with E-state index in [2.05, 4.69) is 12.6 Å². The van der Waals surface area contributed by atoms with Crippen LogP contribution in [-0.2, 0) is 9.59 Å². The van der Waals surface area contributed by atoms with Gasteiger partial charge in [0.15, 0.2) is 0 Å². The highest BCUT2D eigenvalue weighted by molar-refractivity contribution is 8.14. The molecule has 1 N–H and O–H groups in total. The average Bonchev–Trinajstić information content (AvgIpc) is 3.12. The Morgan fingerprint density at radius 1 is 1.44 bits per heavy atom. The van der Waals surface area contributed by atoms with Gasteiger partial charge in [-0.1, -0.05) is 29.4 Å². The van der Waals surface area contributed by atoms with Crippen molar-refractivity contribution in [3.63, 3.8) is 0 Å². The third kappa shape index (κ3) is 4.34. The first-order valence-electron chi connectivity index (χ1n) is 7.68. The standard InChI is InChI=1S/C17H16ClNO4S2/c18-11-3-1-10(2-4-11)13-6-5-12(23-13)9-14-16(22)19(17(24)25-14)8-7-15(20)21/h1,3,5-6,9,17,24H,2,4,7-8H2,(H,20,21)/b14-9+. The normalized spacial score (nSPS) is 22.3. The lowest BCUT2D eigenvalue weighted by atomic mass is 10.0. The van der Waals surface area contributed by atoms with Crippen molar-refractivity contribution < 1.29 is 19.1 Å². The number of allylic oxidation sites excluding steroid dienone is 4. The molecule has 5 nitrogen and oxygen atoms in total. The van der Waals surface area contributed by atoms with Gasteiger partial charge in [-0.3, -0.25) is 9.59 Å². The summed E-state index contributed by atoms with van der Waals surface area (Å²) in [5.74, 6) is 0.165. The number of carbonyl (C=O) groups is 2. The van der Waals surface area contributed by atoms with Crippen LogP contribution in [0.25, 0.3) is 11.6 Å². The summed E-state index contributed by atoms with van der Waals surface area (Å²) in [6, 6.07) is 3.68. The Kier molecular flexibility index (Phi) is 5.66. The summed E-state index contributed by atoms with van der Waals surface area (Å²) in [4.78, 5) is 25.0. The lowest BCUT2D eigenvalue weighted by molar-refractivity contribution is -0.137. The molecule has 0 spiro atoms. The molecule has 2 heterocycles. The van der Waals surface area contributed by atoms with Crippen molar-refractivity contribution in [1.29, 1.82) is 0 Å². The van der Waals surface area contributed by atoms with Crippen LogP contribution in [0.1, 0.15) is 30.8 Å². The summed E-state index contributed by atoms with van der Waals surface area (Å²) in [7, 11) is 0. The van der Waals surface area contributed by atoms with Gasteiger partial charge in [0.25, 0.3) is 5.91 Å². The van der Waals surface area contributed by atoms with E-state index in [0.717, 1.165) is 29.2 Å². The van der Waals surface area contributed by atoms with Crippen LogP contribution in [0.4, 0.5) is 0 Å². The number of furan rings is 1. The van der Waals surface area contributed by atoms with Gasteiger partial charge in [-0.05, 0) is 36.6 Å². The lowest BCUT2D eigenvalue weighted by Crippen LogP contribution is -2.31. The minimum Gasteiger partial charge on any atom is -0.481 e. The molecular weight excluding hydrogens is 382 g/mol. The molecule has 3 rings (SSSR count). The van der Waals surface area contributed by atoms with Crippen molar-refractivity contribution in [3.05, 3.63) is 45.7 Å². The highest BCUT2D eigenvalue weighted by Crippen LogP contribution is 2.38. The molecule has 0 aromatic carbocycles. The van der Waals surface area contributed by atoms with E-state index in [4.69, 9.17) is 21.1 Å². The van der Waals surface area contributed by atoms with Crippen molar-refractivity contribution in [2.75, 3.05) is 6.54 Å². The number of carboxylic acids is 1. The van der Waals surface area contributed by atoms with Crippen LogP contribution in [-0.4, -0.2) is 33.1 Å². The maximum atomic E-state index is 12.4. The Morgan fingerprint density at radius 2 is 2.24 bits per heavy atom. The van der Waals surface area contributed by atoms with Crippen LogP contribution in [0.3, 0.4) is 0 Å². The van der Waals surface area contributed by atoms with Gasteiger partial charge in [-0.25, -0.2) is 0 Å². The third-order valence-electron chi connectivity index (χ3n) is 3.85. The highest BCUT2D eigenvalue weighted by atomic mass is 35.5. The van der Waals surface area contributed by atoms with Crippen LogP contribution < -0.4 is 0 Å². The zero-order valence-electron chi connectivity index (χ0n) is 13.1. The molecule has 8 heteroatoms. The Morgan fingerprint density at radius 3 is 2.92 bits per heavy atom. The Balaban J connectivity index is 1.73. The van der Waals surface area contributed by atoms with Gasteiger partial charge in [-0.15, -0.1) is 12.6 Å². The number of hydrogen-bond donors (Lipinski definition) is 2. The summed E-state index contributed by atoms with van der Waals surface area (Å²) < 4.78 is 5.43. The predicted octanol–water partition coefficient (Wildman–Crippen LogP) is 4.18. The minimum atomic E-state index is -0.943. The van der Waals surface area contributed by atoms with Gasteiger partial charge in [0.2, 0.25) is 0 Å². The summed E-state index contributed by atoms with van der Waals surface area (Å²) in [5, 5.41) is 9.60. The fourth-order valence-corrected chi connectivity index (χ4v) is 4.22. The molecule has 1 aromatic heterocycles. The number of carboxylic acid groups (broad SMARTS) is 1. The quantitative estimate of drug-likeness (QED) is 0.576. The van der Waals surface area contributed by atoms with E-state index in [1.54, 1.807) is 6.08 Å². The molecule has 1 unspecified atom stereocenters. The molecule has 0 saturated carbocycles. The van der Waals surface area contributed by atoms with E-state index in [0.29, 0.717) is 10.7 Å². The first-order valence-corrected chi connectivity index (χ1v) is 9.46. The number of hydrogen-bond acceptors (Lipinski definition) is 5. The molecule has 2 aliphatic rings. The summed E-state index contributed by atoms with van der Waals surface area (Å²) in [6.45, 7) is 0.135. The van der Waals surface area contributed by atoms with Crippen molar-refractivity contribution in [2.45, 2.75) is 24.0 Å². The van der Waals surface area contributed by atoms with Gasteiger partial charge in [0.05, 0.1) is 11.3 Å². The molecule has 1 aliphatic heterocycles. The number of thiol groups is 1. The molecule has 0 radical (unpaired) electrons. The second-order valence-corrected chi connectivity index (χ2v) is 8.05. The first-order chi connectivity index (χ1) is 11.9.